The third-order valence-corrected chi connectivity index (χ3v) is 4.31. The van der Waals surface area contributed by atoms with Crippen LogP contribution in [0.3, 0.4) is 0 Å². The first kappa shape index (κ1) is 16.7. The Labute approximate surface area is 134 Å². The van der Waals surface area contributed by atoms with Gasteiger partial charge in [0, 0.05) is 14.1 Å². The van der Waals surface area contributed by atoms with Crippen LogP contribution in [-0.4, -0.2) is 35.9 Å². The molecular weight excluding hydrogens is 322 g/mol. The average Bonchev–Trinajstić information content (AvgIpc) is 2.54. The predicted octanol–water partition coefficient (Wildman–Crippen LogP) is -0.222. The molecule has 0 amide bonds. The molecule has 0 fully saturated rings. The molecule has 2 rings (SSSR count). The summed E-state index contributed by atoms with van der Waals surface area (Å²) in [4.78, 5) is 43.6. The van der Waals surface area contributed by atoms with E-state index in [0.29, 0.717) is 5.75 Å². The van der Waals surface area contributed by atoms with Crippen molar-refractivity contribution in [2.45, 2.75) is 12.2 Å². The summed E-state index contributed by atoms with van der Waals surface area (Å²) >= 11 is 1.07. The monoisotopic (exact) mass is 335 g/mol. The zero-order valence-electron chi connectivity index (χ0n) is 12.6. The van der Waals surface area contributed by atoms with Gasteiger partial charge >= 0.3 is 11.7 Å². The number of thioether (sulfide) groups is 1. The summed E-state index contributed by atoms with van der Waals surface area (Å²) in [7, 11) is 2.69. The Morgan fingerprint density at radius 3 is 2.52 bits per heavy atom. The van der Waals surface area contributed by atoms with E-state index in [9.17, 15) is 24.8 Å². The van der Waals surface area contributed by atoms with Gasteiger partial charge in [-0.05, 0) is 5.75 Å². The zero-order chi connectivity index (χ0) is 17.3. The number of carbonyl (C=O) groups is 1. The molecule has 0 spiro atoms. The van der Waals surface area contributed by atoms with Gasteiger partial charge in [-0.25, -0.2) is 14.8 Å². The Kier molecular flexibility index (Phi) is 4.51. The highest BCUT2D eigenvalue weighted by Crippen LogP contribution is 2.29. The van der Waals surface area contributed by atoms with E-state index in [1.165, 1.54) is 14.1 Å². The number of nitrogens with zero attached hydrogens (tertiary/aromatic N) is 5. The van der Waals surface area contributed by atoms with Gasteiger partial charge in [0.25, 0.3) is 5.56 Å². The normalized spacial score (nSPS) is 12.1. The first-order valence-corrected chi connectivity index (χ1v) is 7.60. The second kappa shape index (κ2) is 6.21. The second-order valence-electron chi connectivity index (χ2n) is 4.62. The van der Waals surface area contributed by atoms with E-state index in [4.69, 9.17) is 0 Å². The lowest BCUT2D eigenvalue weighted by atomic mass is 10.2. The van der Waals surface area contributed by atoms with Crippen molar-refractivity contribution >= 4 is 28.9 Å². The Hall–Kier alpha value is -2.67. The maximum atomic E-state index is 12.1. The molecule has 0 aliphatic heterocycles. The molecule has 9 nitrogen and oxygen atoms in total. The molecule has 1 atom stereocenters. The zero-order valence-corrected chi connectivity index (χ0v) is 13.4. The average molecular weight is 335 g/mol. The van der Waals surface area contributed by atoms with E-state index in [-0.39, 0.29) is 22.6 Å². The Morgan fingerprint density at radius 2 is 2.00 bits per heavy atom. The molecule has 0 saturated carbocycles. The van der Waals surface area contributed by atoms with Crippen molar-refractivity contribution in [1.29, 1.82) is 5.26 Å². The molecule has 2 aromatic rings. The number of aliphatic carboxylic acids is 1. The quantitative estimate of drug-likeness (QED) is 0.811. The Bertz CT molecular complexity index is 956. The summed E-state index contributed by atoms with van der Waals surface area (Å²) in [6, 6.07) is 1.78. The lowest BCUT2D eigenvalue weighted by Gasteiger charge is -2.13. The maximum Gasteiger partial charge on any atom is 0.332 e. The summed E-state index contributed by atoms with van der Waals surface area (Å²) in [6.07, 6.45) is 0. The van der Waals surface area contributed by atoms with Crippen LogP contribution in [0.25, 0.3) is 11.2 Å². The molecule has 0 radical (unpaired) electrons. The van der Waals surface area contributed by atoms with Crippen LogP contribution in [0, 0.1) is 11.3 Å². The second-order valence-corrected chi connectivity index (χ2v) is 6.00. The number of carboxylic acids is 1. The Morgan fingerprint density at radius 1 is 1.35 bits per heavy atom. The lowest BCUT2D eigenvalue weighted by molar-refractivity contribution is -0.136. The number of fused-ring (bicyclic) bond motifs is 1. The molecule has 0 aliphatic carbocycles. The fourth-order valence-corrected chi connectivity index (χ4v) is 2.87. The van der Waals surface area contributed by atoms with Crippen molar-refractivity contribution in [3.05, 3.63) is 32.2 Å². The van der Waals surface area contributed by atoms with Crippen LogP contribution in [0.5, 0.6) is 0 Å². The lowest BCUT2D eigenvalue weighted by Crippen LogP contribution is -2.38. The van der Waals surface area contributed by atoms with Crippen molar-refractivity contribution in [2.24, 2.45) is 14.1 Å². The van der Waals surface area contributed by atoms with Crippen LogP contribution in [-0.2, 0) is 18.9 Å². The van der Waals surface area contributed by atoms with E-state index >= 15 is 0 Å². The highest BCUT2D eigenvalue weighted by molar-refractivity contribution is 8.00. The third kappa shape index (κ3) is 2.70. The largest absolute Gasteiger partial charge is 0.480 e. The van der Waals surface area contributed by atoms with Gasteiger partial charge in [0.15, 0.2) is 16.9 Å². The van der Waals surface area contributed by atoms with Gasteiger partial charge in [-0.1, -0.05) is 6.92 Å². The van der Waals surface area contributed by atoms with Crippen LogP contribution in [0.15, 0.2) is 9.59 Å². The van der Waals surface area contributed by atoms with Gasteiger partial charge in [0.2, 0.25) is 0 Å². The molecule has 1 unspecified atom stereocenters. The van der Waals surface area contributed by atoms with Gasteiger partial charge < -0.3 is 5.11 Å². The molecule has 0 aliphatic rings. The van der Waals surface area contributed by atoms with E-state index in [2.05, 4.69) is 9.97 Å². The van der Waals surface area contributed by atoms with Crippen molar-refractivity contribution in [2.75, 3.05) is 5.75 Å². The minimum atomic E-state index is -1.17. The van der Waals surface area contributed by atoms with Gasteiger partial charge in [0.05, 0.1) is 0 Å². The number of carboxylic acid groups (broad SMARTS) is 1. The van der Waals surface area contributed by atoms with Crippen LogP contribution >= 0.6 is 11.8 Å². The van der Waals surface area contributed by atoms with Crippen molar-refractivity contribution in [1.82, 2.24) is 19.1 Å². The maximum absolute atomic E-state index is 12.1. The summed E-state index contributed by atoms with van der Waals surface area (Å²) in [5, 5.41) is 17.5. The molecule has 0 aromatic carbocycles. The predicted molar refractivity (Wildman–Crippen MR) is 83.2 cm³/mol. The number of hydrogen-bond acceptors (Lipinski definition) is 7. The first-order valence-electron chi connectivity index (χ1n) is 6.55. The molecule has 0 bridgehead atoms. The molecule has 23 heavy (non-hydrogen) atoms. The van der Waals surface area contributed by atoms with Crippen molar-refractivity contribution in [3.63, 3.8) is 0 Å². The molecule has 1 N–H and O–H groups in total. The minimum Gasteiger partial charge on any atom is -0.480 e. The van der Waals surface area contributed by atoms with Crippen LogP contribution in [0.1, 0.15) is 23.6 Å². The van der Waals surface area contributed by atoms with Crippen LogP contribution < -0.4 is 11.2 Å². The number of aryl methyl sites for hydroxylation is 1. The van der Waals surface area contributed by atoms with Crippen LogP contribution in [0.4, 0.5) is 0 Å². The SMILES string of the molecule is CCSC(C(=O)O)c1nc2c(nc1C#N)c(=O)n(C)c(=O)n2C. The number of hydrogen-bond donors (Lipinski definition) is 1. The molecular formula is C13H13N5O4S. The highest BCUT2D eigenvalue weighted by atomic mass is 32.2. The molecule has 0 saturated heterocycles. The summed E-state index contributed by atoms with van der Waals surface area (Å²) in [5.74, 6) is -0.687. The van der Waals surface area contributed by atoms with Gasteiger partial charge in [0.1, 0.15) is 17.0 Å². The molecule has 120 valence electrons. The summed E-state index contributed by atoms with van der Waals surface area (Å²) < 4.78 is 1.96. The molecule has 2 heterocycles. The highest BCUT2D eigenvalue weighted by Gasteiger charge is 2.27. The summed E-state index contributed by atoms with van der Waals surface area (Å²) in [6.45, 7) is 1.77. The third-order valence-electron chi connectivity index (χ3n) is 3.22. The fourth-order valence-electron chi connectivity index (χ4n) is 2.08. The number of nitriles is 1. The Balaban J connectivity index is 2.93. The first-order chi connectivity index (χ1) is 10.8. The van der Waals surface area contributed by atoms with E-state index in [0.717, 1.165) is 20.9 Å². The van der Waals surface area contributed by atoms with Crippen molar-refractivity contribution < 1.29 is 9.90 Å². The van der Waals surface area contributed by atoms with Crippen molar-refractivity contribution in [3.8, 4) is 6.07 Å². The fraction of sp³-hybridized carbons (Fsp3) is 0.385. The van der Waals surface area contributed by atoms with E-state index in [1.54, 1.807) is 13.0 Å². The molecule has 10 heteroatoms. The topological polar surface area (TPSA) is 131 Å². The molecule has 2 aromatic heterocycles. The van der Waals surface area contributed by atoms with Gasteiger partial charge in [-0.2, -0.15) is 5.26 Å². The standard InChI is InChI=1S/C13H13N5O4S/c1-4-23-9(12(20)21)7-6(5-14)15-8-10(16-7)17(2)13(22)18(3)11(8)19/h9H,4H2,1-3H3,(H,20,21). The van der Waals surface area contributed by atoms with Crippen LogP contribution in [0.2, 0.25) is 0 Å². The minimum absolute atomic E-state index is 0.0462. The number of rotatable bonds is 4. The van der Waals surface area contributed by atoms with E-state index in [1.807, 2.05) is 0 Å². The van der Waals surface area contributed by atoms with Gasteiger partial charge in [-0.3, -0.25) is 18.7 Å². The smallest absolute Gasteiger partial charge is 0.332 e. The van der Waals surface area contributed by atoms with E-state index < -0.39 is 22.5 Å². The summed E-state index contributed by atoms with van der Waals surface area (Å²) in [5.41, 5.74) is -1.80. The van der Waals surface area contributed by atoms with Gasteiger partial charge in [-0.15, -0.1) is 11.8 Å². The number of aromatic nitrogens is 4.